The second-order valence-corrected chi connectivity index (χ2v) is 18.2. The van der Waals surface area contributed by atoms with Gasteiger partial charge in [0.2, 0.25) is 0 Å². The topological polar surface area (TPSA) is 234 Å². The molecule has 12 atom stereocenters. The summed E-state index contributed by atoms with van der Waals surface area (Å²) < 4.78 is 35.6. The van der Waals surface area contributed by atoms with Crippen LogP contribution in [0.3, 0.4) is 0 Å². The number of esters is 3. The lowest BCUT2D eigenvalue weighted by Crippen LogP contribution is -2.82. The van der Waals surface area contributed by atoms with Gasteiger partial charge in [0.1, 0.15) is 35.6 Å². The van der Waals surface area contributed by atoms with Gasteiger partial charge in [-0.15, -0.1) is 0 Å². The summed E-state index contributed by atoms with van der Waals surface area (Å²) in [5.74, 6) is -5.24. The zero-order valence-electron chi connectivity index (χ0n) is 35.6. The molecule has 1 heterocycles. The molecular weight excluding hydrogens is 770 g/mol. The number of amides is 1. The van der Waals surface area contributed by atoms with E-state index >= 15 is 4.79 Å². The number of nitrogens with one attached hydrogen (secondary N) is 1. The Labute approximate surface area is 344 Å². The molecule has 3 aliphatic carbocycles. The van der Waals surface area contributed by atoms with E-state index in [9.17, 15) is 39.6 Å². The molecule has 3 fully saturated rings. The first-order chi connectivity index (χ1) is 27.2. The lowest BCUT2D eigenvalue weighted by Gasteiger charge is -2.67. The first kappa shape index (κ1) is 45.9. The lowest BCUT2D eigenvalue weighted by molar-refractivity contribution is -0.346. The van der Waals surface area contributed by atoms with Gasteiger partial charge in [0.25, 0.3) is 0 Å². The Morgan fingerprint density at radius 3 is 2.17 bits per heavy atom. The number of ketones is 1. The maximum atomic E-state index is 15.4. The van der Waals surface area contributed by atoms with E-state index < -0.39 is 119 Å². The maximum Gasteiger partial charge on any atom is 0.408 e. The van der Waals surface area contributed by atoms with Crippen LogP contribution in [0, 0.1) is 16.7 Å². The Kier molecular flexibility index (Phi) is 12.7. The van der Waals surface area contributed by atoms with E-state index in [0.29, 0.717) is 5.57 Å². The van der Waals surface area contributed by atoms with Crippen LogP contribution in [0.2, 0.25) is 0 Å². The minimum Gasteiger partial charge on any atom is -0.456 e. The average Bonchev–Trinajstić information content (AvgIpc) is 3.11. The van der Waals surface area contributed by atoms with Gasteiger partial charge in [-0.1, -0.05) is 43.7 Å². The van der Waals surface area contributed by atoms with E-state index in [4.69, 9.17) is 28.4 Å². The van der Waals surface area contributed by atoms with E-state index in [1.807, 2.05) is 0 Å². The van der Waals surface area contributed by atoms with E-state index in [1.54, 1.807) is 73.6 Å². The van der Waals surface area contributed by atoms with Crippen molar-refractivity contribution in [2.24, 2.45) is 16.7 Å². The molecule has 1 saturated heterocycles. The SMILES string of the molecule is CC(=O)O[C@@]12CO[C@@H]1C[C@H](O)[C@@]1(C)C(=O)[C@H](OC(C)O)C3=C(C)[C@@H](OC(=O)[C@H](O)[C@H](C=C(C)C)NC(=O)OC(C)(C)C)C[C@@](O)([C@@H](OC(=O)c4ccccc4)[C@H]21)C3(C)C. The van der Waals surface area contributed by atoms with Crippen molar-refractivity contribution in [2.75, 3.05) is 6.61 Å². The van der Waals surface area contributed by atoms with E-state index in [2.05, 4.69) is 5.32 Å². The summed E-state index contributed by atoms with van der Waals surface area (Å²) in [4.78, 5) is 69.4. The molecule has 1 aromatic rings. The molecule has 2 bridgehead atoms. The Morgan fingerprint density at radius 2 is 1.64 bits per heavy atom. The number of allylic oxidation sites excluding steroid dienone is 1. The Bertz CT molecular complexity index is 1880. The molecule has 326 valence electrons. The molecule has 0 aromatic heterocycles. The lowest BCUT2D eigenvalue weighted by atomic mass is 9.44. The number of fused-ring (bicyclic) bond motifs is 5. The van der Waals surface area contributed by atoms with Gasteiger partial charge in [0.05, 0.1) is 35.6 Å². The van der Waals surface area contributed by atoms with Gasteiger partial charge in [-0.05, 0) is 78.7 Å². The summed E-state index contributed by atoms with van der Waals surface area (Å²) >= 11 is 0. The summed E-state index contributed by atoms with van der Waals surface area (Å²) in [6.07, 6.45) is -11.3. The normalized spacial score (nSPS) is 33.8. The van der Waals surface area contributed by atoms with Crippen LogP contribution in [0.25, 0.3) is 0 Å². The number of rotatable bonds is 10. The van der Waals surface area contributed by atoms with Gasteiger partial charge in [-0.3, -0.25) is 9.59 Å². The van der Waals surface area contributed by atoms with Gasteiger partial charge < -0.3 is 54.2 Å². The highest BCUT2D eigenvalue weighted by atomic mass is 16.6. The van der Waals surface area contributed by atoms with Crippen LogP contribution < -0.4 is 5.32 Å². The number of alkyl carbamates (subject to hydrolysis) is 1. The van der Waals surface area contributed by atoms with Crippen molar-refractivity contribution in [3.05, 3.63) is 58.7 Å². The number of benzene rings is 1. The maximum absolute atomic E-state index is 15.4. The minimum atomic E-state index is -2.35. The Morgan fingerprint density at radius 1 is 1.02 bits per heavy atom. The molecule has 5 N–H and O–H groups in total. The number of hydrogen-bond acceptors (Lipinski definition) is 15. The fourth-order valence-electron chi connectivity index (χ4n) is 9.44. The molecule has 1 aromatic carbocycles. The van der Waals surface area contributed by atoms with E-state index in [-0.39, 0.29) is 29.7 Å². The number of aliphatic hydroxyl groups is 4. The molecule has 16 nitrogen and oxygen atoms in total. The number of Topliss-reactive ketones (excluding diaryl/α,β-unsaturated/α-hetero) is 1. The van der Waals surface area contributed by atoms with Crippen molar-refractivity contribution in [2.45, 2.75) is 155 Å². The van der Waals surface area contributed by atoms with Crippen LogP contribution in [0.5, 0.6) is 0 Å². The van der Waals surface area contributed by atoms with Crippen molar-refractivity contribution >= 4 is 29.8 Å². The summed E-state index contributed by atoms with van der Waals surface area (Å²) in [6, 6.07) is 6.53. The van der Waals surface area contributed by atoms with Crippen molar-refractivity contribution in [1.82, 2.24) is 5.32 Å². The minimum absolute atomic E-state index is 0.0540. The molecule has 4 aliphatic rings. The highest BCUT2D eigenvalue weighted by molar-refractivity contribution is 5.94. The molecule has 1 aliphatic heterocycles. The molecule has 5 rings (SSSR count). The van der Waals surface area contributed by atoms with Crippen LogP contribution in [0.15, 0.2) is 53.1 Å². The first-order valence-electron chi connectivity index (χ1n) is 19.8. The standard InChI is InChI=1S/C43H59NO15/c1-21(2)17-26(44-38(52)59-39(6,7)8)31(48)37(51)56-27-19-43(53)35(57-36(50)25-15-13-12-14-16-25)33-41(11,28(47)18-29-42(33,20-54-29)58-24(5)46)34(49)32(55-23(4)45)30(22(27)3)40(43,9)10/h12-17,23,26-29,31-33,35,45,47-48,53H,18-20H2,1-11H3,(H,44,52)/t23?,26-,27-,28-,29+,31+,32+,33-,35-,41+,42-,43+/m0/s1. The van der Waals surface area contributed by atoms with E-state index in [1.165, 1.54) is 32.1 Å². The number of carbonyl (C=O) groups is 5. The zero-order valence-corrected chi connectivity index (χ0v) is 35.6. The third-order valence-corrected chi connectivity index (χ3v) is 12.3. The predicted molar refractivity (Wildman–Crippen MR) is 208 cm³/mol. The Balaban J connectivity index is 1.73. The van der Waals surface area contributed by atoms with Crippen molar-refractivity contribution in [1.29, 1.82) is 0 Å². The van der Waals surface area contributed by atoms with Gasteiger partial charge in [0, 0.05) is 25.2 Å². The molecular formula is C43H59NO15. The smallest absolute Gasteiger partial charge is 0.408 e. The van der Waals surface area contributed by atoms with Gasteiger partial charge in [-0.2, -0.15) is 0 Å². The summed E-state index contributed by atoms with van der Waals surface area (Å²) in [5, 5.41) is 50.3. The number of ether oxygens (including phenoxy) is 6. The largest absolute Gasteiger partial charge is 0.456 e. The molecule has 0 spiro atoms. The van der Waals surface area contributed by atoms with Crippen LogP contribution >= 0.6 is 0 Å². The number of carbonyl (C=O) groups excluding carboxylic acids is 5. The second-order valence-electron chi connectivity index (χ2n) is 18.2. The van der Waals surface area contributed by atoms with Crippen LogP contribution in [-0.2, 0) is 42.8 Å². The highest BCUT2D eigenvalue weighted by Gasteiger charge is 2.78. The van der Waals surface area contributed by atoms with Crippen molar-refractivity contribution in [3.63, 3.8) is 0 Å². The van der Waals surface area contributed by atoms with Crippen LogP contribution in [-0.4, -0.2) is 123 Å². The fraction of sp³-hybridized carbons (Fsp3) is 0.651. The second kappa shape index (κ2) is 16.3. The predicted octanol–water partition coefficient (Wildman–Crippen LogP) is 3.22. The van der Waals surface area contributed by atoms with Gasteiger partial charge >= 0.3 is 24.0 Å². The van der Waals surface area contributed by atoms with Gasteiger partial charge in [-0.25, -0.2) is 14.4 Å². The molecule has 1 amide bonds. The van der Waals surface area contributed by atoms with Crippen molar-refractivity contribution < 1.29 is 72.8 Å². The molecule has 59 heavy (non-hydrogen) atoms. The number of aliphatic hydroxyl groups excluding tert-OH is 3. The summed E-state index contributed by atoms with van der Waals surface area (Å²) in [5.41, 5.74) is -7.65. The van der Waals surface area contributed by atoms with Crippen LogP contribution in [0.1, 0.15) is 99.4 Å². The number of hydrogen-bond donors (Lipinski definition) is 5. The zero-order chi connectivity index (χ0) is 44.2. The Hall–Kier alpha value is -4.19. The first-order valence-corrected chi connectivity index (χ1v) is 19.8. The van der Waals surface area contributed by atoms with E-state index in [0.717, 1.165) is 6.92 Å². The fourth-order valence-corrected chi connectivity index (χ4v) is 9.44. The third kappa shape index (κ3) is 8.31. The van der Waals surface area contributed by atoms with Gasteiger partial charge in [0.15, 0.2) is 23.8 Å². The molecule has 1 unspecified atom stereocenters. The molecule has 0 radical (unpaired) electrons. The monoisotopic (exact) mass is 829 g/mol. The quantitative estimate of drug-likeness (QED) is 0.0986. The average molecular weight is 830 g/mol. The summed E-state index contributed by atoms with van der Waals surface area (Å²) in [7, 11) is 0. The molecule has 2 saturated carbocycles. The molecule has 16 heteroatoms. The highest BCUT2D eigenvalue weighted by Crippen LogP contribution is 2.64. The van der Waals surface area contributed by atoms with Crippen LogP contribution in [0.4, 0.5) is 4.79 Å². The summed E-state index contributed by atoms with van der Waals surface area (Å²) in [6.45, 7) is 16.6. The van der Waals surface area contributed by atoms with Crippen molar-refractivity contribution in [3.8, 4) is 0 Å². The third-order valence-electron chi connectivity index (χ3n) is 12.3.